The standard InChI is InChI=1S/C16H17N3O/c1-10-7-11(5-6-17-10)13-8-14-12(9-18-13)16(2,3)15(20)19(14)4/h5-9H,1-4H3. The van der Waals surface area contributed by atoms with Crippen molar-refractivity contribution in [2.75, 3.05) is 11.9 Å². The molecule has 0 atom stereocenters. The molecule has 102 valence electrons. The number of nitrogens with zero attached hydrogens (tertiary/aromatic N) is 3. The molecule has 0 saturated heterocycles. The number of carbonyl (C=O) groups excluding carboxylic acids is 1. The molecule has 1 amide bonds. The van der Waals surface area contributed by atoms with Crippen LogP contribution in [0.3, 0.4) is 0 Å². The van der Waals surface area contributed by atoms with E-state index < -0.39 is 5.41 Å². The molecule has 1 aliphatic heterocycles. The summed E-state index contributed by atoms with van der Waals surface area (Å²) in [7, 11) is 1.82. The smallest absolute Gasteiger partial charge is 0.236 e. The summed E-state index contributed by atoms with van der Waals surface area (Å²) in [4.78, 5) is 22.7. The van der Waals surface area contributed by atoms with E-state index in [1.807, 2.05) is 52.2 Å². The van der Waals surface area contributed by atoms with Gasteiger partial charge in [-0.3, -0.25) is 14.8 Å². The highest BCUT2D eigenvalue weighted by Gasteiger charge is 2.42. The first-order valence-electron chi connectivity index (χ1n) is 6.63. The molecule has 2 aromatic heterocycles. The SMILES string of the molecule is Cc1cc(-c2cc3c(cn2)C(C)(C)C(=O)N3C)ccn1. The van der Waals surface area contributed by atoms with Gasteiger partial charge in [0.05, 0.1) is 16.8 Å². The van der Waals surface area contributed by atoms with Gasteiger partial charge in [0, 0.05) is 36.3 Å². The van der Waals surface area contributed by atoms with E-state index >= 15 is 0 Å². The van der Waals surface area contributed by atoms with Gasteiger partial charge < -0.3 is 4.90 Å². The molecule has 0 aliphatic carbocycles. The molecule has 4 heteroatoms. The molecule has 0 unspecified atom stereocenters. The Hall–Kier alpha value is -2.23. The van der Waals surface area contributed by atoms with Crippen LogP contribution in [-0.2, 0) is 10.2 Å². The maximum atomic E-state index is 12.3. The zero-order valence-electron chi connectivity index (χ0n) is 12.1. The van der Waals surface area contributed by atoms with Crippen LogP contribution in [0, 0.1) is 6.92 Å². The minimum absolute atomic E-state index is 0.109. The number of amides is 1. The zero-order chi connectivity index (χ0) is 14.5. The van der Waals surface area contributed by atoms with Crippen molar-refractivity contribution < 1.29 is 4.79 Å². The number of fused-ring (bicyclic) bond motifs is 1. The van der Waals surface area contributed by atoms with Crippen molar-refractivity contribution in [3.05, 3.63) is 41.9 Å². The summed E-state index contributed by atoms with van der Waals surface area (Å²) >= 11 is 0. The Labute approximate surface area is 118 Å². The average molecular weight is 267 g/mol. The van der Waals surface area contributed by atoms with Gasteiger partial charge in [-0.1, -0.05) is 0 Å². The van der Waals surface area contributed by atoms with E-state index in [-0.39, 0.29) is 5.91 Å². The van der Waals surface area contributed by atoms with Crippen LogP contribution in [0.4, 0.5) is 5.69 Å². The molecule has 1 aliphatic rings. The fourth-order valence-electron chi connectivity index (χ4n) is 2.71. The summed E-state index contributed by atoms with van der Waals surface area (Å²) in [6.45, 7) is 5.83. The van der Waals surface area contributed by atoms with E-state index in [9.17, 15) is 4.79 Å². The minimum Gasteiger partial charge on any atom is -0.314 e. The van der Waals surface area contributed by atoms with Crippen molar-refractivity contribution in [1.82, 2.24) is 9.97 Å². The van der Waals surface area contributed by atoms with Crippen molar-refractivity contribution in [3.8, 4) is 11.3 Å². The van der Waals surface area contributed by atoms with Gasteiger partial charge in [0.2, 0.25) is 5.91 Å². The van der Waals surface area contributed by atoms with Gasteiger partial charge in [-0.05, 0) is 39.0 Å². The Morgan fingerprint density at radius 3 is 2.65 bits per heavy atom. The van der Waals surface area contributed by atoms with Crippen LogP contribution < -0.4 is 4.90 Å². The second-order valence-electron chi connectivity index (χ2n) is 5.76. The van der Waals surface area contributed by atoms with Crippen molar-refractivity contribution in [3.63, 3.8) is 0 Å². The number of anilines is 1. The molecular formula is C16H17N3O. The first kappa shape index (κ1) is 12.8. The van der Waals surface area contributed by atoms with E-state index in [0.29, 0.717) is 0 Å². The molecule has 3 heterocycles. The third-order valence-corrected chi connectivity index (χ3v) is 3.95. The average Bonchev–Trinajstić information content (AvgIpc) is 2.60. The van der Waals surface area contributed by atoms with Crippen LogP contribution in [0.15, 0.2) is 30.6 Å². The van der Waals surface area contributed by atoms with Crippen LogP contribution in [0.2, 0.25) is 0 Å². The first-order valence-corrected chi connectivity index (χ1v) is 6.63. The Kier molecular flexibility index (Phi) is 2.64. The lowest BCUT2D eigenvalue weighted by Crippen LogP contribution is -2.33. The van der Waals surface area contributed by atoms with Gasteiger partial charge in [0.1, 0.15) is 0 Å². The molecule has 0 saturated carbocycles. The fraction of sp³-hybridized carbons (Fsp3) is 0.312. The number of aromatic nitrogens is 2. The highest BCUT2D eigenvalue weighted by atomic mass is 16.2. The number of rotatable bonds is 1. The molecule has 2 aromatic rings. The Bertz CT molecular complexity index is 707. The third-order valence-electron chi connectivity index (χ3n) is 3.95. The Balaban J connectivity index is 2.14. The predicted octanol–water partition coefficient (Wildman–Crippen LogP) is 2.71. The summed E-state index contributed by atoms with van der Waals surface area (Å²) in [6.07, 6.45) is 3.60. The quantitative estimate of drug-likeness (QED) is 0.798. The summed E-state index contributed by atoms with van der Waals surface area (Å²) in [5.41, 5.74) is 4.27. The lowest BCUT2D eigenvalue weighted by atomic mass is 9.87. The summed E-state index contributed by atoms with van der Waals surface area (Å²) < 4.78 is 0. The lowest BCUT2D eigenvalue weighted by Gasteiger charge is -2.15. The number of pyridine rings is 2. The minimum atomic E-state index is -0.496. The molecule has 0 N–H and O–H groups in total. The van der Waals surface area contributed by atoms with Gasteiger partial charge in [-0.15, -0.1) is 0 Å². The van der Waals surface area contributed by atoms with E-state index in [0.717, 1.165) is 28.2 Å². The van der Waals surface area contributed by atoms with Crippen LogP contribution in [0.5, 0.6) is 0 Å². The molecule has 0 bridgehead atoms. The topological polar surface area (TPSA) is 46.1 Å². The summed E-state index contributed by atoms with van der Waals surface area (Å²) in [5.74, 6) is 0.109. The molecule has 0 fully saturated rings. The maximum absolute atomic E-state index is 12.3. The van der Waals surface area contributed by atoms with Gasteiger partial charge >= 0.3 is 0 Å². The number of hydrogen-bond acceptors (Lipinski definition) is 3. The van der Waals surface area contributed by atoms with Gasteiger partial charge in [0.15, 0.2) is 0 Å². The molecule has 0 spiro atoms. The van der Waals surface area contributed by atoms with Crippen LogP contribution in [-0.4, -0.2) is 22.9 Å². The molecule has 4 nitrogen and oxygen atoms in total. The van der Waals surface area contributed by atoms with E-state index in [2.05, 4.69) is 9.97 Å². The van der Waals surface area contributed by atoms with Crippen molar-refractivity contribution in [2.24, 2.45) is 0 Å². The number of likely N-dealkylation sites (N-methyl/N-ethyl adjacent to an activating group) is 1. The summed E-state index contributed by atoms with van der Waals surface area (Å²) in [5, 5.41) is 0. The number of aryl methyl sites for hydroxylation is 1. The highest BCUT2D eigenvalue weighted by Crippen LogP contribution is 2.41. The highest BCUT2D eigenvalue weighted by molar-refractivity contribution is 6.07. The Morgan fingerprint density at radius 2 is 1.95 bits per heavy atom. The lowest BCUT2D eigenvalue weighted by molar-refractivity contribution is -0.121. The summed E-state index contributed by atoms with van der Waals surface area (Å²) in [6, 6.07) is 5.91. The van der Waals surface area contributed by atoms with Crippen molar-refractivity contribution in [1.29, 1.82) is 0 Å². The van der Waals surface area contributed by atoms with E-state index in [1.54, 1.807) is 11.1 Å². The van der Waals surface area contributed by atoms with Gasteiger partial charge in [0.25, 0.3) is 0 Å². The van der Waals surface area contributed by atoms with E-state index in [1.165, 1.54) is 0 Å². The molecule has 20 heavy (non-hydrogen) atoms. The second-order valence-corrected chi connectivity index (χ2v) is 5.76. The second kappa shape index (κ2) is 4.13. The zero-order valence-corrected chi connectivity index (χ0v) is 12.1. The Morgan fingerprint density at radius 1 is 1.20 bits per heavy atom. The number of hydrogen-bond donors (Lipinski definition) is 0. The van der Waals surface area contributed by atoms with Crippen LogP contribution in [0.25, 0.3) is 11.3 Å². The predicted molar refractivity (Wildman–Crippen MR) is 78.6 cm³/mol. The van der Waals surface area contributed by atoms with Gasteiger partial charge in [-0.2, -0.15) is 0 Å². The van der Waals surface area contributed by atoms with E-state index in [4.69, 9.17) is 0 Å². The van der Waals surface area contributed by atoms with Crippen LogP contribution in [0.1, 0.15) is 25.1 Å². The van der Waals surface area contributed by atoms with Crippen LogP contribution >= 0.6 is 0 Å². The normalized spacial score (nSPS) is 16.4. The maximum Gasteiger partial charge on any atom is 0.236 e. The molecule has 3 rings (SSSR count). The van der Waals surface area contributed by atoms with Crippen molar-refractivity contribution in [2.45, 2.75) is 26.2 Å². The molecule has 0 radical (unpaired) electrons. The fourth-order valence-corrected chi connectivity index (χ4v) is 2.71. The third kappa shape index (κ3) is 1.72. The number of carbonyl (C=O) groups is 1. The molecular weight excluding hydrogens is 250 g/mol. The first-order chi connectivity index (χ1) is 9.41. The monoisotopic (exact) mass is 267 g/mol. The van der Waals surface area contributed by atoms with Crippen molar-refractivity contribution >= 4 is 11.6 Å². The largest absolute Gasteiger partial charge is 0.314 e. The van der Waals surface area contributed by atoms with Gasteiger partial charge in [-0.25, -0.2) is 0 Å². The molecule has 0 aromatic carbocycles.